The molecular formula is C18H19N3S. The molecule has 0 aliphatic heterocycles. The maximum absolute atomic E-state index is 5.45. The molecule has 3 heterocycles. The highest BCUT2D eigenvalue weighted by Crippen LogP contribution is 2.26. The zero-order chi connectivity index (χ0) is 15.7. The van der Waals surface area contributed by atoms with Crippen molar-refractivity contribution in [3.63, 3.8) is 0 Å². The van der Waals surface area contributed by atoms with Crippen LogP contribution < -0.4 is 0 Å². The van der Waals surface area contributed by atoms with Gasteiger partial charge in [-0.2, -0.15) is 0 Å². The summed E-state index contributed by atoms with van der Waals surface area (Å²) < 4.78 is 2.29. The Morgan fingerprint density at radius 1 is 1.36 bits per heavy atom. The van der Waals surface area contributed by atoms with Gasteiger partial charge in [-0.15, -0.1) is 17.8 Å². The molecule has 0 aliphatic carbocycles. The first-order valence-corrected chi connectivity index (χ1v) is 8.18. The van der Waals surface area contributed by atoms with E-state index in [9.17, 15) is 0 Å². The van der Waals surface area contributed by atoms with Crippen molar-refractivity contribution in [1.29, 1.82) is 0 Å². The van der Waals surface area contributed by atoms with E-state index >= 15 is 0 Å². The van der Waals surface area contributed by atoms with Crippen molar-refractivity contribution >= 4 is 22.4 Å². The Labute approximate surface area is 135 Å². The smallest absolute Gasteiger partial charge is 0.206 e. The molecular weight excluding hydrogens is 290 g/mol. The number of thiophene rings is 1. The first-order chi connectivity index (χ1) is 10.5. The molecule has 0 aromatic carbocycles. The lowest BCUT2D eigenvalue weighted by atomic mass is 9.96. The molecule has 3 nitrogen and oxygen atoms in total. The molecule has 0 bridgehead atoms. The third-order valence-corrected chi connectivity index (χ3v) is 4.29. The summed E-state index contributed by atoms with van der Waals surface area (Å²) in [6.07, 6.45) is 8.19. The summed E-state index contributed by atoms with van der Waals surface area (Å²) in [5, 5.41) is 3.16. The quantitative estimate of drug-likeness (QED) is 0.682. The average molecular weight is 309 g/mol. The second-order valence-corrected chi connectivity index (χ2v) is 7.69. The first-order valence-electron chi connectivity index (χ1n) is 7.30. The van der Waals surface area contributed by atoms with E-state index in [2.05, 4.69) is 64.8 Å². The molecule has 0 aliphatic rings. The van der Waals surface area contributed by atoms with Crippen LogP contribution in [0.5, 0.6) is 0 Å². The zero-order valence-corrected chi connectivity index (χ0v) is 13.9. The van der Waals surface area contributed by atoms with E-state index in [4.69, 9.17) is 6.42 Å². The summed E-state index contributed by atoms with van der Waals surface area (Å²) in [6.45, 7) is 7.60. The third-order valence-electron chi connectivity index (χ3n) is 3.42. The largest absolute Gasteiger partial charge is 0.329 e. The van der Waals surface area contributed by atoms with Crippen molar-refractivity contribution in [2.24, 2.45) is 5.41 Å². The maximum Gasteiger partial charge on any atom is 0.206 e. The molecule has 4 heteroatoms. The molecule has 0 unspecified atom stereocenters. The van der Waals surface area contributed by atoms with Crippen LogP contribution in [0.4, 0.5) is 0 Å². The summed E-state index contributed by atoms with van der Waals surface area (Å²) in [5.41, 5.74) is 2.36. The Balaban J connectivity index is 2.13. The van der Waals surface area contributed by atoms with Gasteiger partial charge in [-0.25, -0.2) is 9.97 Å². The van der Waals surface area contributed by atoms with Gasteiger partial charge in [-0.3, -0.25) is 0 Å². The highest BCUT2D eigenvalue weighted by atomic mass is 32.1. The van der Waals surface area contributed by atoms with Crippen molar-refractivity contribution in [2.75, 3.05) is 0 Å². The predicted molar refractivity (Wildman–Crippen MR) is 92.0 cm³/mol. The van der Waals surface area contributed by atoms with Gasteiger partial charge in [-0.1, -0.05) is 26.8 Å². The topological polar surface area (TPSA) is 30.7 Å². The molecule has 3 aromatic rings. The van der Waals surface area contributed by atoms with Crippen molar-refractivity contribution in [3.8, 4) is 12.3 Å². The Kier molecular flexibility index (Phi) is 3.76. The number of terminal acetylenes is 1. The molecule has 112 valence electrons. The van der Waals surface area contributed by atoms with E-state index in [1.807, 2.05) is 6.20 Å². The molecule has 22 heavy (non-hydrogen) atoms. The Hall–Kier alpha value is -2.12. The lowest BCUT2D eigenvalue weighted by Crippen LogP contribution is -2.17. The highest BCUT2D eigenvalue weighted by molar-refractivity contribution is 7.09. The van der Waals surface area contributed by atoms with Gasteiger partial charge < -0.3 is 4.57 Å². The van der Waals surface area contributed by atoms with Crippen LogP contribution in [0.3, 0.4) is 0 Å². The van der Waals surface area contributed by atoms with Crippen molar-refractivity contribution in [1.82, 2.24) is 14.5 Å². The van der Waals surface area contributed by atoms with Crippen molar-refractivity contribution in [3.05, 3.63) is 46.2 Å². The molecule has 0 atom stereocenters. The Bertz CT molecular complexity index is 830. The summed E-state index contributed by atoms with van der Waals surface area (Å²) >= 11 is 1.78. The molecule has 0 N–H and O–H groups in total. The van der Waals surface area contributed by atoms with Gasteiger partial charge in [0.15, 0.2) is 0 Å². The summed E-state index contributed by atoms with van der Waals surface area (Å²) in [7, 11) is 0. The number of rotatable bonds is 3. The second-order valence-electron chi connectivity index (χ2n) is 6.66. The minimum absolute atomic E-state index is 0.164. The zero-order valence-electron chi connectivity index (χ0n) is 13.1. The van der Waals surface area contributed by atoms with Crippen LogP contribution >= 0.6 is 11.3 Å². The fraction of sp³-hybridized carbons (Fsp3) is 0.333. The van der Waals surface area contributed by atoms with E-state index in [0.717, 1.165) is 24.0 Å². The maximum atomic E-state index is 5.45. The SMILES string of the molecule is C#Cc1ncc2cc(Cc3cccs3)n(CC(C)(C)C)c2n1. The molecule has 0 saturated heterocycles. The standard InChI is InChI=1S/C18H19N3S/c1-5-16-19-11-13-9-14(10-15-7-6-8-22-15)21(17(13)20-16)12-18(2,3)4/h1,6-9,11H,10,12H2,2-4H3. The monoisotopic (exact) mass is 309 g/mol. The normalized spacial score (nSPS) is 11.7. The number of aromatic nitrogens is 3. The van der Waals surface area contributed by atoms with Gasteiger partial charge in [0.1, 0.15) is 5.65 Å². The van der Waals surface area contributed by atoms with Gasteiger partial charge >= 0.3 is 0 Å². The second kappa shape index (κ2) is 5.58. The van der Waals surface area contributed by atoms with E-state index in [1.54, 1.807) is 11.3 Å². The van der Waals surface area contributed by atoms with Gasteiger partial charge in [-0.05, 0) is 28.8 Å². The van der Waals surface area contributed by atoms with Gasteiger partial charge in [0, 0.05) is 35.1 Å². The van der Waals surface area contributed by atoms with E-state index in [0.29, 0.717) is 5.82 Å². The Morgan fingerprint density at radius 2 is 2.18 bits per heavy atom. The van der Waals surface area contributed by atoms with Gasteiger partial charge in [0.2, 0.25) is 5.82 Å². The van der Waals surface area contributed by atoms with Gasteiger partial charge in [0.25, 0.3) is 0 Å². The summed E-state index contributed by atoms with van der Waals surface area (Å²) in [5.74, 6) is 2.98. The van der Waals surface area contributed by atoms with E-state index < -0.39 is 0 Å². The third kappa shape index (κ3) is 3.05. The number of nitrogens with zero attached hydrogens (tertiary/aromatic N) is 3. The number of hydrogen-bond acceptors (Lipinski definition) is 3. The highest BCUT2D eigenvalue weighted by Gasteiger charge is 2.18. The summed E-state index contributed by atoms with van der Waals surface area (Å²) in [6, 6.07) is 6.44. The van der Waals surface area contributed by atoms with Gasteiger partial charge in [0.05, 0.1) is 0 Å². The molecule has 0 amide bonds. The van der Waals surface area contributed by atoms with Crippen molar-refractivity contribution in [2.45, 2.75) is 33.7 Å². The molecule has 3 aromatic heterocycles. The fourth-order valence-corrected chi connectivity index (χ4v) is 3.27. The van der Waals surface area contributed by atoms with Crippen LogP contribution in [0, 0.1) is 17.8 Å². The average Bonchev–Trinajstić information content (AvgIpc) is 3.07. The minimum atomic E-state index is 0.164. The fourth-order valence-electron chi connectivity index (χ4n) is 2.55. The number of hydrogen-bond donors (Lipinski definition) is 0. The molecule has 0 fully saturated rings. The van der Waals surface area contributed by atoms with E-state index in [-0.39, 0.29) is 5.41 Å². The van der Waals surface area contributed by atoms with Crippen LogP contribution in [0.1, 0.15) is 37.2 Å². The van der Waals surface area contributed by atoms with Crippen LogP contribution in [0.2, 0.25) is 0 Å². The van der Waals surface area contributed by atoms with Crippen LogP contribution in [-0.4, -0.2) is 14.5 Å². The van der Waals surface area contributed by atoms with E-state index in [1.165, 1.54) is 10.6 Å². The number of fused-ring (bicyclic) bond motifs is 1. The van der Waals surface area contributed by atoms with Crippen LogP contribution in [0.25, 0.3) is 11.0 Å². The lowest BCUT2D eigenvalue weighted by Gasteiger charge is -2.21. The first kappa shape index (κ1) is 14.8. The Morgan fingerprint density at radius 3 is 2.82 bits per heavy atom. The molecule has 3 rings (SSSR count). The lowest BCUT2D eigenvalue weighted by molar-refractivity contribution is 0.344. The molecule has 0 radical (unpaired) electrons. The minimum Gasteiger partial charge on any atom is -0.329 e. The summed E-state index contributed by atoms with van der Waals surface area (Å²) in [4.78, 5) is 10.1. The van der Waals surface area contributed by atoms with Crippen LogP contribution in [0.15, 0.2) is 29.8 Å². The van der Waals surface area contributed by atoms with Crippen LogP contribution in [-0.2, 0) is 13.0 Å². The van der Waals surface area contributed by atoms with Crippen molar-refractivity contribution < 1.29 is 0 Å². The molecule has 0 spiro atoms. The molecule has 0 saturated carbocycles. The predicted octanol–water partition coefficient (Wildman–Crippen LogP) is 4.11.